The van der Waals surface area contributed by atoms with Crippen molar-refractivity contribution in [3.05, 3.63) is 46.7 Å². The lowest BCUT2D eigenvalue weighted by atomic mass is 9.89. The van der Waals surface area contributed by atoms with E-state index in [9.17, 15) is 9.59 Å². The molecule has 1 aliphatic rings. The van der Waals surface area contributed by atoms with Crippen LogP contribution in [0, 0.1) is 5.92 Å². The molecule has 0 unspecified atom stereocenters. The lowest BCUT2D eigenvalue weighted by Crippen LogP contribution is -2.33. The van der Waals surface area contributed by atoms with Crippen molar-refractivity contribution in [3.8, 4) is 0 Å². The predicted octanol–water partition coefficient (Wildman–Crippen LogP) is 4.70. The maximum absolute atomic E-state index is 12.1. The van der Waals surface area contributed by atoms with E-state index in [1.807, 2.05) is 11.4 Å². The zero-order valence-corrected chi connectivity index (χ0v) is 14.9. The summed E-state index contributed by atoms with van der Waals surface area (Å²) in [7, 11) is 0. The smallest absolute Gasteiger partial charge is 0.319 e. The van der Waals surface area contributed by atoms with Crippen LogP contribution >= 0.6 is 11.3 Å². The number of carbonyl (C=O) groups excluding carboxylic acids is 2. The zero-order chi connectivity index (χ0) is 17.5. The van der Waals surface area contributed by atoms with Crippen molar-refractivity contribution in [3.63, 3.8) is 0 Å². The number of thiophene rings is 1. The Labute approximate surface area is 151 Å². The number of amides is 3. The van der Waals surface area contributed by atoms with Crippen LogP contribution in [0.15, 0.2) is 41.8 Å². The molecule has 1 aromatic carbocycles. The summed E-state index contributed by atoms with van der Waals surface area (Å²) in [6.07, 6.45) is 6.24. The second kappa shape index (κ2) is 8.67. The molecule has 3 amide bonds. The lowest BCUT2D eigenvalue weighted by molar-refractivity contribution is 0.103. The molecule has 1 aromatic heterocycles. The minimum atomic E-state index is -0.202. The van der Waals surface area contributed by atoms with Crippen LogP contribution in [-0.2, 0) is 0 Å². The summed E-state index contributed by atoms with van der Waals surface area (Å²) >= 11 is 1.39. The molecule has 0 aliphatic heterocycles. The van der Waals surface area contributed by atoms with Crippen molar-refractivity contribution >= 4 is 34.6 Å². The van der Waals surface area contributed by atoms with Crippen LogP contribution in [0.1, 0.15) is 41.8 Å². The monoisotopic (exact) mass is 357 g/mol. The Kier molecular flexibility index (Phi) is 6.06. The fourth-order valence-corrected chi connectivity index (χ4v) is 3.70. The van der Waals surface area contributed by atoms with E-state index < -0.39 is 0 Å². The van der Waals surface area contributed by atoms with Gasteiger partial charge >= 0.3 is 6.03 Å². The van der Waals surface area contributed by atoms with E-state index in [1.54, 1.807) is 30.3 Å². The Morgan fingerprint density at radius 3 is 2.48 bits per heavy atom. The second-order valence-electron chi connectivity index (χ2n) is 6.35. The largest absolute Gasteiger partial charge is 0.338 e. The van der Waals surface area contributed by atoms with E-state index in [0.29, 0.717) is 22.2 Å². The second-order valence-corrected chi connectivity index (χ2v) is 7.30. The highest BCUT2D eigenvalue weighted by molar-refractivity contribution is 7.12. The van der Waals surface area contributed by atoms with Gasteiger partial charge in [0.1, 0.15) is 0 Å². The number of nitrogens with one attached hydrogen (secondary N) is 3. The van der Waals surface area contributed by atoms with Crippen LogP contribution in [0.4, 0.5) is 16.2 Å². The Hall–Kier alpha value is -2.34. The summed E-state index contributed by atoms with van der Waals surface area (Å²) in [5, 5.41) is 10.5. The molecule has 0 atom stereocenters. The van der Waals surface area contributed by atoms with E-state index in [4.69, 9.17) is 0 Å². The van der Waals surface area contributed by atoms with Gasteiger partial charge in [0.05, 0.1) is 4.88 Å². The molecule has 2 aromatic rings. The van der Waals surface area contributed by atoms with Gasteiger partial charge in [-0.2, -0.15) is 0 Å². The summed E-state index contributed by atoms with van der Waals surface area (Å²) in [5.74, 6) is 0.449. The minimum Gasteiger partial charge on any atom is -0.338 e. The number of anilines is 2. The third-order valence-corrected chi connectivity index (χ3v) is 5.27. The highest BCUT2D eigenvalue weighted by atomic mass is 32.1. The quantitative estimate of drug-likeness (QED) is 0.726. The normalized spacial score (nSPS) is 14.7. The highest BCUT2D eigenvalue weighted by Gasteiger charge is 2.14. The van der Waals surface area contributed by atoms with Gasteiger partial charge in [-0.3, -0.25) is 4.79 Å². The van der Waals surface area contributed by atoms with Gasteiger partial charge in [-0.1, -0.05) is 31.4 Å². The van der Waals surface area contributed by atoms with E-state index in [1.165, 1.54) is 43.4 Å². The van der Waals surface area contributed by atoms with Crippen LogP contribution in [0.3, 0.4) is 0 Å². The maximum Gasteiger partial charge on any atom is 0.319 e. The van der Waals surface area contributed by atoms with Gasteiger partial charge in [-0.25, -0.2) is 4.79 Å². The van der Waals surface area contributed by atoms with Gasteiger partial charge < -0.3 is 16.0 Å². The van der Waals surface area contributed by atoms with E-state index >= 15 is 0 Å². The molecule has 0 bridgehead atoms. The number of carbonyl (C=O) groups is 2. The van der Waals surface area contributed by atoms with E-state index in [0.717, 1.165) is 6.54 Å². The van der Waals surface area contributed by atoms with E-state index in [2.05, 4.69) is 16.0 Å². The van der Waals surface area contributed by atoms with Gasteiger partial charge in [0, 0.05) is 17.9 Å². The van der Waals surface area contributed by atoms with Crippen molar-refractivity contribution < 1.29 is 9.59 Å². The molecule has 3 rings (SSSR count). The van der Waals surface area contributed by atoms with Gasteiger partial charge in [0.25, 0.3) is 5.91 Å². The molecule has 1 saturated carbocycles. The number of hydrogen-bond donors (Lipinski definition) is 3. The first kappa shape index (κ1) is 17.5. The van der Waals surface area contributed by atoms with Crippen LogP contribution in [0.25, 0.3) is 0 Å². The third-order valence-electron chi connectivity index (χ3n) is 4.40. The first-order valence-electron chi connectivity index (χ1n) is 8.70. The Morgan fingerprint density at radius 1 is 1.00 bits per heavy atom. The Bertz CT molecular complexity index is 709. The van der Waals surface area contributed by atoms with Gasteiger partial charge in [0.15, 0.2) is 0 Å². The van der Waals surface area contributed by atoms with Crippen molar-refractivity contribution in [1.82, 2.24) is 5.32 Å². The molecule has 1 fully saturated rings. The molecule has 1 heterocycles. The van der Waals surface area contributed by atoms with Crippen LogP contribution < -0.4 is 16.0 Å². The summed E-state index contributed by atoms with van der Waals surface area (Å²) in [6.45, 7) is 0.723. The first-order chi connectivity index (χ1) is 12.2. The molecule has 0 radical (unpaired) electrons. The molecule has 25 heavy (non-hydrogen) atoms. The SMILES string of the molecule is O=C(NCC1CCCCC1)Nc1cccc(NC(=O)c2cccs2)c1. The number of hydrogen-bond acceptors (Lipinski definition) is 3. The molecular weight excluding hydrogens is 334 g/mol. The molecule has 5 nitrogen and oxygen atoms in total. The summed E-state index contributed by atoms with van der Waals surface area (Å²) in [4.78, 5) is 24.8. The molecular formula is C19H23N3O2S. The maximum atomic E-state index is 12.1. The molecule has 132 valence electrons. The van der Waals surface area contributed by atoms with Crippen LogP contribution in [0.2, 0.25) is 0 Å². The number of urea groups is 1. The van der Waals surface area contributed by atoms with Crippen molar-refractivity contribution in [2.75, 3.05) is 17.2 Å². The Morgan fingerprint density at radius 2 is 1.76 bits per heavy atom. The fraction of sp³-hybridized carbons (Fsp3) is 0.368. The van der Waals surface area contributed by atoms with E-state index in [-0.39, 0.29) is 11.9 Å². The minimum absolute atomic E-state index is 0.145. The topological polar surface area (TPSA) is 70.2 Å². The van der Waals surface area contributed by atoms with Crippen LogP contribution in [0.5, 0.6) is 0 Å². The number of rotatable bonds is 5. The standard InChI is InChI=1S/C19H23N3O2S/c23-18(17-10-5-11-25-17)21-15-8-4-9-16(12-15)22-19(24)20-13-14-6-2-1-3-7-14/h4-5,8-12,14H,1-3,6-7,13H2,(H,21,23)(H2,20,22,24). The molecule has 1 aliphatic carbocycles. The number of benzene rings is 1. The lowest BCUT2D eigenvalue weighted by Gasteiger charge is -2.21. The molecule has 3 N–H and O–H groups in total. The predicted molar refractivity (Wildman–Crippen MR) is 102 cm³/mol. The average Bonchev–Trinajstić information content (AvgIpc) is 3.16. The van der Waals surface area contributed by atoms with Gasteiger partial charge in [-0.05, 0) is 48.4 Å². The van der Waals surface area contributed by atoms with Gasteiger partial charge in [-0.15, -0.1) is 11.3 Å². The fourth-order valence-electron chi connectivity index (χ4n) is 3.08. The Balaban J connectivity index is 1.50. The first-order valence-corrected chi connectivity index (χ1v) is 9.58. The van der Waals surface area contributed by atoms with Crippen molar-refractivity contribution in [2.24, 2.45) is 5.92 Å². The third kappa shape index (κ3) is 5.32. The van der Waals surface area contributed by atoms with Crippen molar-refractivity contribution in [1.29, 1.82) is 0 Å². The molecule has 6 heteroatoms. The highest BCUT2D eigenvalue weighted by Crippen LogP contribution is 2.23. The van der Waals surface area contributed by atoms with Gasteiger partial charge in [0.2, 0.25) is 0 Å². The summed E-state index contributed by atoms with van der Waals surface area (Å²) in [6, 6.07) is 10.6. The molecule has 0 spiro atoms. The summed E-state index contributed by atoms with van der Waals surface area (Å²) < 4.78 is 0. The van der Waals surface area contributed by atoms with Crippen molar-refractivity contribution in [2.45, 2.75) is 32.1 Å². The average molecular weight is 357 g/mol. The van der Waals surface area contributed by atoms with Crippen LogP contribution in [-0.4, -0.2) is 18.5 Å². The molecule has 0 saturated heterocycles. The summed E-state index contributed by atoms with van der Waals surface area (Å²) in [5.41, 5.74) is 1.31. The zero-order valence-electron chi connectivity index (χ0n) is 14.1.